The number of nitrogens with one attached hydrogen (secondary N) is 1. The Labute approximate surface area is 210 Å². The summed E-state index contributed by atoms with van der Waals surface area (Å²) in [6, 6.07) is 17.6. The van der Waals surface area contributed by atoms with Crippen LogP contribution in [0.4, 0.5) is 0 Å². The molecule has 0 saturated carbocycles. The fourth-order valence-electron chi connectivity index (χ4n) is 4.33. The highest BCUT2D eigenvalue weighted by Crippen LogP contribution is 2.34. The van der Waals surface area contributed by atoms with Crippen LogP contribution >= 0.6 is 11.7 Å². The molecule has 3 aromatic carbocycles. The molecular weight excluding hydrogens is 500 g/mol. The summed E-state index contributed by atoms with van der Waals surface area (Å²) in [5.74, 6) is 1.16. The standard InChI is InChI=1S/C25H20N4O5S2/c1-15-4-2-5-17-11-18(25(30)26-23(15)17)13-29(12-16-8-9-20-21(10-16)34-14-33-20)36(31,32)22-7-3-6-19-24(22)28-35-27-19/h2-11H,12-14H2,1H3,(H,26,30). The van der Waals surface area contributed by atoms with Gasteiger partial charge >= 0.3 is 0 Å². The van der Waals surface area contributed by atoms with Crippen LogP contribution in [0.2, 0.25) is 0 Å². The van der Waals surface area contributed by atoms with Gasteiger partial charge in [-0.25, -0.2) is 8.42 Å². The third-order valence-corrected chi connectivity index (χ3v) is 8.54. The molecule has 0 radical (unpaired) electrons. The minimum Gasteiger partial charge on any atom is -0.454 e. The van der Waals surface area contributed by atoms with E-state index in [9.17, 15) is 13.2 Å². The molecule has 36 heavy (non-hydrogen) atoms. The van der Waals surface area contributed by atoms with E-state index in [1.165, 1.54) is 10.4 Å². The van der Waals surface area contributed by atoms with E-state index in [-0.39, 0.29) is 30.3 Å². The monoisotopic (exact) mass is 520 g/mol. The number of para-hydroxylation sites is 1. The van der Waals surface area contributed by atoms with Crippen molar-refractivity contribution in [1.29, 1.82) is 0 Å². The first-order valence-corrected chi connectivity index (χ1v) is 13.3. The molecule has 6 rings (SSSR count). The number of hydrogen-bond donors (Lipinski definition) is 1. The number of aromatic amines is 1. The summed E-state index contributed by atoms with van der Waals surface area (Å²) in [4.78, 5) is 16.0. The summed E-state index contributed by atoms with van der Waals surface area (Å²) in [7, 11) is -4.07. The number of H-pyrrole nitrogens is 1. The second kappa shape index (κ2) is 8.70. The number of nitrogens with zero attached hydrogens (tertiary/aromatic N) is 3. The molecule has 0 unspecified atom stereocenters. The molecule has 11 heteroatoms. The Morgan fingerprint density at radius 1 is 1.00 bits per heavy atom. The highest BCUT2D eigenvalue weighted by atomic mass is 32.2. The van der Waals surface area contributed by atoms with E-state index in [0.29, 0.717) is 33.7 Å². The molecule has 1 N–H and O–H groups in total. The maximum atomic E-state index is 14.0. The van der Waals surface area contributed by atoms with Crippen LogP contribution < -0.4 is 15.0 Å². The van der Waals surface area contributed by atoms with Gasteiger partial charge in [-0.1, -0.05) is 30.3 Å². The highest BCUT2D eigenvalue weighted by molar-refractivity contribution is 7.89. The van der Waals surface area contributed by atoms with Crippen molar-refractivity contribution in [1.82, 2.24) is 18.0 Å². The molecule has 5 aromatic rings. The average molecular weight is 521 g/mol. The van der Waals surface area contributed by atoms with Crippen LogP contribution in [-0.2, 0) is 23.1 Å². The predicted molar refractivity (Wildman–Crippen MR) is 136 cm³/mol. The van der Waals surface area contributed by atoms with Gasteiger partial charge in [0.1, 0.15) is 15.9 Å². The summed E-state index contributed by atoms with van der Waals surface area (Å²) in [6.07, 6.45) is 0. The van der Waals surface area contributed by atoms with Crippen LogP contribution in [0.1, 0.15) is 16.7 Å². The van der Waals surface area contributed by atoms with Crippen LogP contribution in [0.5, 0.6) is 11.5 Å². The van der Waals surface area contributed by atoms with Crippen LogP contribution in [0.15, 0.2) is 70.4 Å². The Morgan fingerprint density at radius 3 is 2.72 bits per heavy atom. The molecule has 9 nitrogen and oxygen atoms in total. The number of benzene rings is 3. The van der Waals surface area contributed by atoms with E-state index in [0.717, 1.165) is 28.2 Å². The van der Waals surface area contributed by atoms with E-state index in [1.807, 2.05) is 25.1 Å². The number of ether oxygens (including phenoxy) is 2. The number of fused-ring (bicyclic) bond motifs is 3. The van der Waals surface area contributed by atoms with Gasteiger partial charge in [0.05, 0.1) is 17.2 Å². The van der Waals surface area contributed by atoms with Gasteiger partial charge in [0, 0.05) is 18.7 Å². The molecule has 2 aromatic heterocycles. The molecule has 0 spiro atoms. The van der Waals surface area contributed by atoms with Gasteiger partial charge in [-0.3, -0.25) is 4.79 Å². The molecular formula is C25H20N4O5S2. The minimum absolute atomic E-state index is 0.0121. The predicted octanol–water partition coefficient (Wildman–Crippen LogP) is 3.96. The molecule has 0 saturated heterocycles. The molecule has 1 aliphatic heterocycles. The topological polar surface area (TPSA) is 114 Å². The molecule has 0 amide bonds. The maximum absolute atomic E-state index is 14.0. The van der Waals surface area contributed by atoms with Crippen molar-refractivity contribution in [3.05, 3.63) is 87.7 Å². The molecule has 182 valence electrons. The van der Waals surface area contributed by atoms with Crippen LogP contribution in [-0.4, -0.2) is 33.2 Å². The third-order valence-electron chi connectivity index (χ3n) is 6.17. The SMILES string of the molecule is Cc1cccc2cc(CN(Cc3ccc4c(c3)OCO4)S(=O)(=O)c3cccc4nsnc34)c(=O)[nH]c12. The molecule has 1 aliphatic rings. The summed E-state index contributed by atoms with van der Waals surface area (Å²) in [5.41, 5.74) is 3.17. The first-order chi connectivity index (χ1) is 17.4. The van der Waals surface area contributed by atoms with Crippen molar-refractivity contribution in [2.75, 3.05) is 6.79 Å². The smallest absolute Gasteiger partial charge is 0.252 e. The molecule has 0 fully saturated rings. The summed E-state index contributed by atoms with van der Waals surface area (Å²) in [6.45, 7) is 1.91. The summed E-state index contributed by atoms with van der Waals surface area (Å²) < 4.78 is 48.6. The number of rotatable bonds is 6. The Balaban J connectivity index is 1.46. The van der Waals surface area contributed by atoms with Crippen molar-refractivity contribution in [3.8, 4) is 11.5 Å². The zero-order valence-electron chi connectivity index (χ0n) is 19.1. The number of hydrogen-bond acceptors (Lipinski definition) is 8. The lowest BCUT2D eigenvalue weighted by molar-refractivity contribution is 0.174. The Kier molecular flexibility index (Phi) is 5.47. The van der Waals surface area contributed by atoms with Gasteiger partial charge in [-0.2, -0.15) is 13.1 Å². The normalized spacial score (nSPS) is 13.2. The number of aryl methyl sites for hydroxylation is 1. The van der Waals surface area contributed by atoms with E-state index >= 15 is 0 Å². The number of pyridine rings is 1. The second-order valence-electron chi connectivity index (χ2n) is 8.51. The van der Waals surface area contributed by atoms with Gasteiger partial charge < -0.3 is 14.5 Å². The lowest BCUT2D eigenvalue weighted by Gasteiger charge is -2.23. The van der Waals surface area contributed by atoms with Crippen molar-refractivity contribution in [3.63, 3.8) is 0 Å². The Bertz CT molecular complexity index is 1800. The van der Waals surface area contributed by atoms with Crippen molar-refractivity contribution < 1.29 is 17.9 Å². The van der Waals surface area contributed by atoms with Crippen LogP contribution in [0.3, 0.4) is 0 Å². The maximum Gasteiger partial charge on any atom is 0.252 e. The zero-order valence-corrected chi connectivity index (χ0v) is 20.7. The molecule has 0 atom stereocenters. The Morgan fingerprint density at radius 2 is 1.83 bits per heavy atom. The molecule has 0 aliphatic carbocycles. The van der Waals surface area contributed by atoms with E-state index < -0.39 is 10.0 Å². The van der Waals surface area contributed by atoms with Gasteiger partial charge in [0.2, 0.25) is 16.8 Å². The lowest BCUT2D eigenvalue weighted by Crippen LogP contribution is -2.32. The van der Waals surface area contributed by atoms with Gasteiger partial charge in [-0.05, 0) is 53.8 Å². The van der Waals surface area contributed by atoms with Gasteiger partial charge in [-0.15, -0.1) is 0 Å². The minimum atomic E-state index is -4.07. The summed E-state index contributed by atoms with van der Waals surface area (Å²) >= 11 is 0.953. The summed E-state index contributed by atoms with van der Waals surface area (Å²) in [5, 5.41) is 0.829. The van der Waals surface area contributed by atoms with Crippen LogP contribution in [0, 0.1) is 6.92 Å². The fraction of sp³-hybridized carbons (Fsp3) is 0.160. The second-order valence-corrected chi connectivity index (χ2v) is 10.9. The molecule has 0 bridgehead atoms. The molecule has 3 heterocycles. The van der Waals surface area contributed by atoms with Gasteiger partial charge in [0.25, 0.3) is 5.56 Å². The van der Waals surface area contributed by atoms with Crippen molar-refractivity contribution >= 4 is 43.7 Å². The number of sulfonamides is 1. The fourth-order valence-corrected chi connectivity index (χ4v) is 6.49. The van der Waals surface area contributed by atoms with Gasteiger partial charge in [0.15, 0.2) is 11.5 Å². The largest absolute Gasteiger partial charge is 0.454 e. The number of aromatic nitrogens is 3. The van der Waals surface area contributed by atoms with Crippen molar-refractivity contribution in [2.24, 2.45) is 0 Å². The first-order valence-electron chi connectivity index (χ1n) is 11.1. The average Bonchev–Trinajstić information content (AvgIpc) is 3.53. The first kappa shape index (κ1) is 22.7. The van der Waals surface area contributed by atoms with E-state index in [4.69, 9.17) is 9.47 Å². The van der Waals surface area contributed by atoms with Crippen molar-refractivity contribution in [2.45, 2.75) is 24.9 Å². The lowest BCUT2D eigenvalue weighted by atomic mass is 10.1. The zero-order chi connectivity index (χ0) is 24.9. The third kappa shape index (κ3) is 3.91. The Hall–Kier alpha value is -3.80. The highest BCUT2D eigenvalue weighted by Gasteiger charge is 2.29. The van der Waals surface area contributed by atoms with E-state index in [2.05, 4.69) is 13.7 Å². The van der Waals surface area contributed by atoms with E-state index in [1.54, 1.807) is 36.4 Å². The quantitative estimate of drug-likeness (QED) is 0.360. The van der Waals surface area contributed by atoms with Crippen LogP contribution in [0.25, 0.3) is 21.9 Å².